The van der Waals surface area contributed by atoms with Crippen molar-refractivity contribution in [3.8, 4) is 0 Å². The predicted octanol–water partition coefficient (Wildman–Crippen LogP) is 1.98. The van der Waals surface area contributed by atoms with Gasteiger partial charge >= 0.3 is 0 Å². The summed E-state index contributed by atoms with van der Waals surface area (Å²) in [5.74, 6) is 0.285. The molecule has 9 nitrogen and oxygen atoms in total. The SMILES string of the molecule is C[C@@H](Cc1ccco1)NC(=O)CN1C(=O)[C@H]2CCCCN2c2ccc(S(=O)(=O)N(C)C)cc21. The largest absolute Gasteiger partial charge is 0.469 e. The summed E-state index contributed by atoms with van der Waals surface area (Å²) in [5.41, 5.74) is 1.24. The molecule has 4 rings (SSSR count). The van der Waals surface area contributed by atoms with E-state index < -0.39 is 10.0 Å². The zero-order valence-electron chi connectivity index (χ0n) is 19.2. The Morgan fingerprint density at radius 1 is 1.24 bits per heavy atom. The van der Waals surface area contributed by atoms with Gasteiger partial charge in [-0.3, -0.25) is 14.5 Å². The zero-order chi connectivity index (χ0) is 23.8. The van der Waals surface area contributed by atoms with Gasteiger partial charge in [0.1, 0.15) is 18.3 Å². The van der Waals surface area contributed by atoms with Crippen LogP contribution in [-0.2, 0) is 26.0 Å². The first-order valence-electron chi connectivity index (χ1n) is 11.1. The molecule has 1 aromatic carbocycles. The Hall–Kier alpha value is -2.85. The van der Waals surface area contributed by atoms with E-state index in [0.717, 1.165) is 35.1 Å². The maximum atomic E-state index is 13.4. The summed E-state index contributed by atoms with van der Waals surface area (Å²) in [5, 5.41) is 2.92. The fraction of sp³-hybridized carbons (Fsp3) is 0.478. The number of rotatable bonds is 7. The summed E-state index contributed by atoms with van der Waals surface area (Å²) in [7, 11) is -0.762. The van der Waals surface area contributed by atoms with E-state index >= 15 is 0 Å². The second-order valence-electron chi connectivity index (χ2n) is 8.82. The molecule has 0 unspecified atom stereocenters. The van der Waals surface area contributed by atoms with Gasteiger partial charge in [0, 0.05) is 33.1 Å². The molecule has 0 saturated carbocycles. The van der Waals surface area contributed by atoms with E-state index in [1.54, 1.807) is 24.5 Å². The highest BCUT2D eigenvalue weighted by atomic mass is 32.2. The van der Waals surface area contributed by atoms with Crippen LogP contribution in [0.4, 0.5) is 11.4 Å². The summed E-state index contributed by atoms with van der Waals surface area (Å²) in [6.45, 7) is 2.42. The Morgan fingerprint density at radius 3 is 2.73 bits per heavy atom. The smallest absolute Gasteiger partial charge is 0.250 e. The summed E-state index contributed by atoms with van der Waals surface area (Å²) in [4.78, 5) is 29.9. The maximum Gasteiger partial charge on any atom is 0.250 e. The third-order valence-corrected chi connectivity index (χ3v) is 7.99. The number of carbonyl (C=O) groups is 2. The van der Waals surface area contributed by atoms with Gasteiger partial charge < -0.3 is 14.6 Å². The van der Waals surface area contributed by atoms with Gasteiger partial charge in [-0.15, -0.1) is 0 Å². The molecule has 1 saturated heterocycles. The van der Waals surface area contributed by atoms with E-state index in [9.17, 15) is 18.0 Å². The van der Waals surface area contributed by atoms with Gasteiger partial charge in [0.2, 0.25) is 21.8 Å². The van der Waals surface area contributed by atoms with Crippen LogP contribution in [0.2, 0.25) is 0 Å². The molecule has 0 bridgehead atoms. The fourth-order valence-electron chi connectivity index (χ4n) is 4.52. The van der Waals surface area contributed by atoms with Crippen molar-refractivity contribution < 1.29 is 22.4 Å². The second kappa shape index (κ2) is 9.18. The molecule has 178 valence electrons. The van der Waals surface area contributed by atoms with Crippen LogP contribution in [0, 0.1) is 0 Å². The number of nitrogens with one attached hydrogen (secondary N) is 1. The second-order valence-corrected chi connectivity index (χ2v) is 11.0. The monoisotopic (exact) mass is 474 g/mol. The lowest BCUT2D eigenvalue weighted by molar-refractivity contribution is -0.125. The first-order valence-corrected chi connectivity index (χ1v) is 12.6. The number of anilines is 2. The van der Waals surface area contributed by atoms with E-state index in [-0.39, 0.29) is 35.3 Å². The van der Waals surface area contributed by atoms with Crippen molar-refractivity contribution in [1.29, 1.82) is 0 Å². The minimum Gasteiger partial charge on any atom is -0.469 e. The van der Waals surface area contributed by atoms with Crippen LogP contribution in [0.1, 0.15) is 31.9 Å². The van der Waals surface area contributed by atoms with Gasteiger partial charge in [-0.25, -0.2) is 12.7 Å². The van der Waals surface area contributed by atoms with Crippen LogP contribution in [0.25, 0.3) is 0 Å². The highest BCUT2D eigenvalue weighted by Crippen LogP contribution is 2.40. The predicted molar refractivity (Wildman–Crippen MR) is 125 cm³/mol. The third kappa shape index (κ3) is 4.63. The van der Waals surface area contributed by atoms with Gasteiger partial charge in [0.25, 0.3) is 0 Å². The van der Waals surface area contributed by atoms with Gasteiger partial charge in [0.15, 0.2) is 0 Å². The molecule has 2 atom stereocenters. The molecule has 1 aromatic heterocycles. The fourth-order valence-corrected chi connectivity index (χ4v) is 5.44. The molecule has 2 amide bonds. The number of benzene rings is 1. The number of fused-ring (bicyclic) bond motifs is 3. The quantitative estimate of drug-likeness (QED) is 0.658. The van der Waals surface area contributed by atoms with E-state index in [0.29, 0.717) is 18.5 Å². The van der Waals surface area contributed by atoms with Crippen LogP contribution < -0.4 is 15.1 Å². The lowest BCUT2D eigenvalue weighted by Gasteiger charge is -2.45. The number of amides is 2. The summed E-state index contributed by atoms with van der Waals surface area (Å²) >= 11 is 0. The average molecular weight is 475 g/mol. The Kier molecular flexibility index (Phi) is 6.49. The minimum absolute atomic E-state index is 0.0890. The van der Waals surface area contributed by atoms with Gasteiger partial charge in [-0.05, 0) is 56.5 Å². The molecule has 0 spiro atoms. The van der Waals surface area contributed by atoms with Crippen molar-refractivity contribution in [3.63, 3.8) is 0 Å². The lowest BCUT2D eigenvalue weighted by Crippen LogP contribution is -2.57. The summed E-state index contributed by atoms with van der Waals surface area (Å²) in [6.07, 6.45) is 4.73. The molecular weight excluding hydrogens is 444 g/mol. The third-order valence-electron chi connectivity index (χ3n) is 6.18. The summed E-state index contributed by atoms with van der Waals surface area (Å²) < 4.78 is 31.9. The van der Waals surface area contributed by atoms with Crippen molar-refractivity contribution in [1.82, 2.24) is 9.62 Å². The topological polar surface area (TPSA) is 103 Å². The number of furan rings is 1. The van der Waals surface area contributed by atoms with Crippen LogP contribution in [0.5, 0.6) is 0 Å². The molecule has 2 aliphatic heterocycles. The number of piperidine rings is 1. The highest BCUT2D eigenvalue weighted by Gasteiger charge is 2.40. The summed E-state index contributed by atoms with van der Waals surface area (Å²) in [6, 6.07) is 7.94. The normalized spacial score (nSPS) is 19.3. The first-order chi connectivity index (χ1) is 15.7. The Bertz CT molecular complexity index is 1130. The number of hydrogen-bond donors (Lipinski definition) is 1. The van der Waals surface area contributed by atoms with Gasteiger partial charge in [-0.2, -0.15) is 0 Å². The maximum absolute atomic E-state index is 13.4. The molecular formula is C23H30N4O5S. The lowest BCUT2D eigenvalue weighted by atomic mass is 9.96. The van der Waals surface area contributed by atoms with Crippen molar-refractivity contribution in [2.45, 2.75) is 49.6 Å². The number of sulfonamides is 1. The number of hydrogen-bond acceptors (Lipinski definition) is 6. The Labute approximate surface area is 194 Å². The molecule has 2 aliphatic rings. The zero-order valence-corrected chi connectivity index (χ0v) is 20.0. The molecule has 3 heterocycles. The van der Waals surface area contributed by atoms with Crippen LogP contribution >= 0.6 is 0 Å². The molecule has 0 radical (unpaired) electrons. The standard InChI is InChI=1S/C23H30N4O5S/c1-16(13-17-7-6-12-32-17)24-22(28)15-27-21-14-18(33(30,31)25(2)3)9-10-19(21)26-11-5-4-8-20(26)23(27)29/h6-7,9-10,12,14,16,20H,4-5,8,11,13,15H2,1-3H3,(H,24,28)/t16-,20+/m0/s1. The van der Waals surface area contributed by atoms with Crippen molar-refractivity contribution >= 4 is 33.2 Å². The Balaban J connectivity index is 1.62. The molecule has 0 aliphatic carbocycles. The number of carbonyl (C=O) groups excluding carboxylic acids is 2. The highest BCUT2D eigenvalue weighted by molar-refractivity contribution is 7.89. The first kappa shape index (κ1) is 23.3. The molecule has 1 fully saturated rings. The molecule has 1 N–H and O–H groups in total. The molecule has 2 aromatic rings. The average Bonchev–Trinajstić information content (AvgIpc) is 3.28. The van der Waals surface area contributed by atoms with E-state index in [1.807, 2.05) is 17.9 Å². The van der Waals surface area contributed by atoms with Gasteiger partial charge in [0.05, 0.1) is 22.5 Å². The van der Waals surface area contributed by atoms with E-state index in [2.05, 4.69) is 5.32 Å². The minimum atomic E-state index is -3.69. The van der Waals surface area contributed by atoms with Crippen LogP contribution in [0.3, 0.4) is 0 Å². The van der Waals surface area contributed by atoms with Crippen LogP contribution in [-0.4, -0.2) is 63.8 Å². The van der Waals surface area contributed by atoms with E-state index in [1.165, 1.54) is 25.1 Å². The van der Waals surface area contributed by atoms with Crippen LogP contribution in [0.15, 0.2) is 45.9 Å². The van der Waals surface area contributed by atoms with Crippen molar-refractivity contribution in [2.24, 2.45) is 0 Å². The Morgan fingerprint density at radius 2 is 2.03 bits per heavy atom. The number of nitrogens with zero attached hydrogens (tertiary/aromatic N) is 3. The van der Waals surface area contributed by atoms with Crippen molar-refractivity contribution in [3.05, 3.63) is 42.4 Å². The molecule has 33 heavy (non-hydrogen) atoms. The van der Waals surface area contributed by atoms with Crippen molar-refractivity contribution in [2.75, 3.05) is 37.0 Å². The van der Waals surface area contributed by atoms with E-state index in [4.69, 9.17) is 4.42 Å². The van der Waals surface area contributed by atoms with Gasteiger partial charge in [-0.1, -0.05) is 0 Å². The molecule has 10 heteroatoms.